The van der Waals surface area contributed by atoms with Crippen LogP contribution in [0.25, 0.3) is 0 Å². The lowest BCUT2D eigenvalue weighted by molar-refractivity contribution is -0.121. The van der Waals surface area contributed by atoms with Gasteiger partial charge >= 0.3 is 0 Å². The molecule has 0 radical (unpaired) electrons. The van der Waals surface area contributed by atoms with Crippen molar-refractivity contribution in [3.8, 4) is 11.5 Å². The van der Waals surface area contributed by atoms with Crippen LogP contribution in [0.1, 0.15) is 30.0 Å². The third-order valence-corrected chi connectivity index (χ3v) is 5.52. The summed E-state index contributed by atoms with van der Waals surface area (Å²) in [5, 5.41) is 3.19. The molecular formula is C20H23NO3S. The number of amides is 1. The molecule has 0 saturated heterocycles. The van der Waals surface area contributed by atoms with Crippen molar-refractivity contribution >= 4 is 17.7 Å². The van der Waals surface area contributed by atoms with Gasteiger partial charge in [0.1, 0.15) is 0 Å². The van der Waals surface area contributed by atoms with Gasteiger partial charge in [0.05, 0.1) is 20.3 Å². The number of benzene rings is 2. The standard InChI is InChI=1S/C20H23NO3S/c1-23-17-8-5-6-14(20(17)24-2)10-11-19(22)21-16-12-13-25-18-9-4-3-7-15(16)18/h3-9,16H,10-13H2,1-2H3,(H,21,22). The monoisotopic (exact) mass is 357 g/mol. The van der Waals surface area contributed by atoms with Crippen molar-refractivity contribution in [3.05, 3.63) is 53.6 Å². The van der Waals surface area contributed by atoms with Crippen LogP contribution >= 0.6 is 11.8 Å². The van der Waals surface area contributed by atoms with Gasteiger partial charge in [-0.2, -0.15) is 0 Å². The van der Waals surface area contributed by atoms with Crippen molar-refractivity contribution in [2.75, 3.05) is 20.0 Å². The van der Waals surface area contributed by atoms with Gasteiger partial charge in [0, 0.05) is 17.1 Å². The number of rotatable bonds is 6. The summed E-state index contributed by atoms with van der Waals surface area (Å²) in [4.78, 5) is 13.7. The fourth-order valence-corrected chi connectivity index (χ4v) is 4.28. The van der Waals surface area contributed by atoms with Crippen LogP contribution in [0.15, 0.2) is 47.4 Å². The minimum Gasteiger partial charge on any atom is -0.493 e. The molecule has 1 aliphatic rings. The van der Waals surface area contributed by atoms with Crippen LogP contribution in [0.4, 0.5) is 0 Å². The largest absolute Gasteiger partial charge is 0.493 e. The van der Waals surface area contributed by atoms with E-state index >= 15 is 0 Å². The number of thioether (sulfide) groups is 1. The second kappa shape index (κ2) is 8.30. The predicted molar refractivity (Wildman–Crippen MR) is 101 cm³/mol. The van der Waals surface area contributed by atoms with Gasteiger partial charge in [-0.1, -0.05) is 30.3 Å². The molecule has 1 N–H and O–H groups in total. The maximum Gasteiger partial charge on any atom is 0.220 e. The number of ether oxygens (including phenoxy) is 2. The number of fused-ring (bicyclic) bond motifs is 1. The Kier molecular flexibility index (Phi) is 5.87. The summed E-state index contributed by atoms with van der Waals surface area (Å²) >= 11 is 1.86. The van der Waals surface area contributed by atoms with Crippen molar-refractivity contribution in [2.45, 2.75) is 30.2 Å². The van der Waals surface area contributed by atoms with Crippen molar-refractivity contribution in [1.82, 2.24) is 5.32 Å². The molecule has 1 amide bonds. The number of nitrogens with one attached hydrogen (secondary N) is 1. The van der Waals surface area contributed by atoms with E-state index in [0.29, 0.717) is 24.3 Å². The van der Waals surface area contributed by atoms with Gasteiger partial charge in [-0.3, -0.25) is 4.79 Å². The van der Waals surface area contributed by atoms with Gasteiger partial charge in [0.25, 0.3) is 0 Å². The van der Waals surface area contributed by atoms with E-state index in [2.05, 4.69) is 17.4 Å². The average molecular weight is 357 g/mol. The van der Waals surface area contributed by atoms with E-state index in [0.717, 1.165) is 17.7 Å². The number of para-hydroxylation sites is 1. The fraction of sp³-hybridized carbons (Fsp3) is 0.350. The second-order valence-electron chi connectivity index (χ2n) is 5.95. The normalized spacial score (nSPS) is 16.0. The number of hydrogen-bond donors (Lipinski definition) is 1. The van der Waals surface area contributed by atoms with Crippen molar-refractivity contribution in [1.29, 1.82) is 0 Å². The maximum atomic E-state index is 12.5. The fourth-order valence-electron chi connectivity index (χ4n) is 3.16. The third-order valence-electron chi connectivity index (χ3n) is 4.40. The van der Waals surface area contributed by atoms with E-state index in [1.54, 1.807) is 14.2 Å². The van der Waals surface area contributed by atoms with Gasteiger partial charge in [-0.25, -0.2) is 0 Å². The number of aryl methyl sites for hydroxylation is 1. The zero-order chi connectivity index (χ0) is 17.6. The van der Waals surface area contributed by atoms with Gasteiger partial charge in [0.15, 0.2) is 11.5 Å². The molecule has 5 heteroatoms. The van der Waals surface area contributed by atoms with E-state index in [4.69, 9.17) is 9.47 Å². The van der Waals surface area contributed by atoms with E-state index in [9.17, 15) is 4.79 Å². The average Bonchev–Trinajstić information content (AvgIpc) is 2.66. The first-order valence-electron chi connectivity index (χ1n) is 8.44. The number of carbonyl (C=O) groups is 1. The van der Waals surface area contributed by atoms with Crippen molar-refractivity contribution in [2.24, 2.45) is 0 Å². The molecule has 0 bridgehead atoms. The Hall–Kier alpha value is -2.14. The molecule has 1 atom stereocenters. The molecule has 2 aromatic carbocycles. The molecule has 4 nitrogen and oxygen atoms in total. The second-order valence-corrected chi connectivity index (χ2v) is 7.08. The van der Waals surface area contributed by atoms with Crippen molar-refractivity contribution in [3.63, 3.8) is 0 Å². The predicted octanol–water partition coefficient (Wildman–Crippen LogP) is 3.99. The van der Waals surface area contributed by atoms with Gasteiger partial charge in [0.2, 0.25) is 5.91 Å². The van der Waals surface area contributed by atoms with Crippen LogP contribution in [0.5, 0.6) is 11.5 Å². The van der Waals surface area contributed by atoms with Crippen LogP contribution in [0, 0.1) is 0 Å². The summed E-state index contributed by atoms with van der Waals surface area (Å²) in [6, 6.07) is 14.2. The summed E-state index contributed by atoms with van der Waals surface area (Å²) < 4.78 is 10.8. The summed E-state index contributed by atoms with van der Waals surface area (Å²) in [5.74, 6) is 2.50. The van der Waals surface area contributed by atoms with E-state index in [1.807, 2.05) is 42.1 Å². The molecule has 25 heavy (non-hydrogen) atoms. The zero-order valence-corrected chi connectivity index (χ0v) is 15.4. The summed E-state index contributed by atoms with van der Waals surface area (Å²) in [7, 11) is 3.24. The maximum absolute atomic E-state index is 12.5. The molecule has 1 heterocycles. The SMILES string of the molecule is COc1cccc(CCC(=O)NC2CCSc3ccccc32)c1OC. The molecule has 0 aromatic heterocycles. The van der Waals surface area contributed by atoms with Crippen LogP contribution < -0.4 is 14.8 Å². The van der Waals surface area contributed by atoms with Crippen LogP contribution in [-0.4, -0.2) is 25.9 Å². The molecule has 0 fully saturated rings. The Morgan fingerprint density at radius 3 is 2.80 bits per heavy atom. The first-order valence-corrected chi connectivity index (χ1v) is 9.42. The number of hydrogen-bond acceptors (Lipinski definition) is 4. The Morgan fingerprint density at radius 1 is 1.16 bits per heavy atom. The highest BCUT2D eigenvalue weighted by molar-refractivity contribution is 7.99. The lowest BCUT2D eigenvalue weighted by Gasteiger charge is -2.26. The van der Waals surface area contributed by atoms with Gasteiger partial charge in [-0.15, -0.1) is 11.8 Å². The molecule has 0 aliphatic carbocycles. The summed E-state index contributed by atoms with van der Waals surface area (Å²) in [5.41, 5.74) is 2.21. The quantitative estimate of drug-likeness (QED) is 0.849. The molecule has 2 aromatic rings. The van der Waals surface area contributed by atoms with E-state index in [1.165, 1.54) is 10.5 Å². The van der Waals surface area contributed by atoms with Gasteiger partial charge in [-0.05, 0) is 36.1 Å². The van der Waals surface area contributed by atoms with Crippen LogP contribution in [0.2, 0.25) is 0 Å². The molecule has 1 aliphatic heterocycles. The lowest BCUT2D eigenvalue weighted by Crippen LogP contribution is -2.30. The third kappa shape index (κ3) is 4.10. The molecule has 0 spiro atoms. The van der Waals surface area contributed by atoms with Crippen molar-refractivity contribution < 1.29 is 14.3 Å². The number of methoxy groups -OCH3 is 2. The van der Waals surface area contributed by atoms with Crippen LogP contribution in [-0.2, 0) is 11.2 Å². The van der Waals surface area contributed by atoms with Crippen LogP contribution in [0.3, 0.4) is 0 Å². The smallest absolute Gasteiger partial charge is 0.220 e. The lowest BCUT2D eigenvalue weighted by atomic mass is 10.0. The summed E-state index contributed by atoms with van der Waals surface area (Å²) in [6.07, 6.45) is 2.01. The highest BCUT2D eigenvalue weighted by Crippen LogP contribution is 2.36. The molecule has 0 saturated carbocycles. The van der Waals surface area contributed by atoms with E-state index in [-0.39, 0.29) is 11.9 Å². The topological polar surface area (TPSA) is 47.6 Å². The Labute approximate surface area is 152 Å². The first kappa shape index (κ1) is 17.7. The minimum atomic E-state index is 0.0663. The molecule has 132 valence electrons. The Bertz CT molecular complexity index is 747. The summed E-state index contributed by atoms with van der Waals surface area (Å²) in [6.45, 7) is 0. The first-order chi connectivity index (χ1) is 12.2. The number of carbonyl (C=O) groups excluding carboxylic acids is 1. The Morgan fingerprint density at radius 2 is 2.00 bits per heavy atom. The zero-order valence-electron chi connectivity index (χ0n) is 14.6. The van der Waals surface area contributed by atoms with Gasteiger partial charge < -0.3 is 14.8 Å². The molecular weight excluding hydrogens is 334 g/mol. The molecule has 3 rings (SSSR count). The van der Waals surface area contributed by atoms with E-state index < -0.39 is 0 Å². The minimum absolute atomic E-state index is 0.0663. The Balaban J connectivity index is 1.63. The highest BCUT2D eigenvalue weighted by atomic mass is 32.2. The highest BCUT2D eigenvalue weighted by Gasteiger charge is 2.22. The molecule has 1 unspecified atom stereocenters.